The highest BCUT2D eigenvalue weighted by Crippen LogP contribution is 2.14. The molecule has 21 heavy (non-hydrogen) atoms. The largest absolute Gasteiger partial charge is 0.316 e. The summed E-state index contributed by atoms with van der Waals surface area (Å²) in [6.07, 6.45) is 2.06. The molecule has 1 atom stereocenters. The first kappa shape index (κ1) is 15.8. The molecule has 3 heteroatoms. The highest BCUT2D eigenvalue weighted by Gasteiger charge is 2.13. The first-order valence-corrected chi connectivity index (χ1v) is 7.80. The highest BCUT2D eigenvalue weighted by molar-refractivity contribution is 5.30. The average Bonchev–Trinajstić information content (AvgIpc) is 2.82. The third-order valence-corrected chi connectivity index (χ3v) is 4.20. The Labute approximate surface area is 128 Å². The number of aromatic nitrogens is 2. The molecule has 0 aliphatic heterocycles. The number of hydrogen-bond acceptors (Lipinski definition) is 2. The number of likely N-dealkylation sites (N-methyl/N-ethyl adjacent to an activating group) is 1. The number of aryl methyl sites for hydroxylation is 4. The third-order valence-electron chi connectivity index (χ3n) is 4.20. The Balaban J connectivity index is 2.10. The van der Waals surface area contributed by atoms with E-state index in [1.807, 2.05) is 7.05 Å². The second-order valence-electron chi connectivity index (χ2n) is 5.91. The lowest BCUT2D eigenvalue weighted by atomic mass is 9.98. The quantitative estimate of drug-likeness (QED) is 0.883. The van der Waals surface area contributed by atoms with Gasteiger partial charge in [0.15, 0.2) is 0 Å². The van der Waals surface area contributed by atoms with Crippen molar-refractivity contribution in [3.8, 4) is 0 Å². The normalized spacial score (nSPS) is 12.6. The summed E-state index contributed by atoms with van der Waals surface area (Å²) < 4.78 is 2.11. The van der Waals surface area contributed by atoms with Crippen LogP contribution < -0.4 is 5.32 Å². The van der Waals surface area contributed by atoms with E-state index in [0.29, 0.717) is 6.04 Å². The maximum atomic E-state index is 4.54. The van der Waals surface area contributed by atoms with Crippen molar-refractivity contribution in [1.82, 2.24) is 15.1 Å². The molecule has 114 valence electrons. The molecule has 1 aromatic heterocycles. The molecule has 0 saturated heterocycles. The van der Waals surface area contributed by atoms with Crippen LogP contribution in [0.3, 0.4) is 0 Å². The van der Waals surface area contributed by atoms with Crippen molar-refractivity contribution in [2.24, 2.45) is 0 Å². The van der Waals surface area contributed by atoms with Crippen molar-refractivity contribution < 1.29 is 0 Å². The van der Waals surface area contributed by atoms with Gasteiger partial charge in [-0.1, -0.05) is 18.2 Å². The topological polar surface area (TPSA) is 29.9 Å². The molecule has 1 unspecified atom stereocenters. The zero-order chi connectivity index (χ0) is 15.4. The minimum Gasteiger partial charge on any atom is -0.316 e. The monoisotopic (exact) mass is 285 g/mol. The fourth-order valence-corrected chi connectivity index (χ4v) is 2.78. The van der Waals surface area contributed by atoms with Crippen LogP contribution in [0.25, 0.3) is 0 Å². The van der Waals surface area contributed by atoms with Crippen molar-refractivity contribution >= 4 is 0 Å². The Hall–Kier alpha value is -1.61. The van der Waals surface area contributed by atoms with Gasteiger partial charge < -0.3 is 5.32 Å². The molecule has 0 saturated carbocycles. The van der Waals surface area contributed by atoms with Crippen molar-refractivity contribution in [2.45, 2.75) is 53.1 Å². The highest BCUT2D eigenvalue weighted by atomic mass is 15.3. The number of nitrogens with zero attached hydrogens (tertiary/aromatic N) is 2. The number of hydrogen-bond donors (Lipinski definition) is 1. The van der Waals surface area contributed by atoms with E-state index in [2.05, 4.69) is 67.1 Å². The van der Waals surface area contributed by atoms with E-state index >= 15 is 0 Å². The molecule has 2 rings (SSSR count). The van der Waals surface area contributed by atoms with Gasteiger partial charge in [0.25, 0.3) is 0 Å². The lowest BCUT2D eigenvalue weighted by Gasteiger charge is -2.17. The van der Waals surface area contributed by atoms with Gasteiger partial charge in [0, 0.05) is 24.7 Å². The lowest BCUT2D eigenvalue weighted by Crippen LogP contribution is -2.30. The molecule has 0 radical (unpaired) electrons. The van der Waals surface area contributed by atoms with Crippen LogP contribution in [0.1, 0.15) is 35.0 Å². The van der Waals surface area contributed by atoms with E-state index in [1.54, 1.807) is 0 Å². The Kier molecular flexibility index (Phi) is 5.18. The first-order chi connectivity index (χ1) is 10.0. The minimum atomic E-state index is 0.438. The molecule has 0 aliphatic carbocycles. The molecule has 1 aromatic carbocycles. The predicted molar refractivity (Wildman–Crippen MR) is 88.8 cm³/mol. The summed E-state index contributed by atoms with van der Waals surface area (Å²) in [5.74, 6) is 0. The molecule has 3 nitrogen and oxygen atoms in total. The van der Waals surface area contributed by atoms with E-state index in [-0.39, 0.29) is 0 Å². The van der Waals surface area contributed by atoms with Crippen LogP contribution in [0, 0.1) is 20.8 Å². The summed E-state index contributed by atoms with van der Waals surface area (Å²) in [5, 5.41) is 7.99. The zero-order valence-electron chi connectivity index (χ0n) is 13.9. The predicted octanol–water partition coefficient (Wildman–Crippen LogP) is 3.20. The molecular weight excluding hydrogens is 258 g/mol. The molecule has 1 heterocycles. The molecule has 0 fully saturated rings. The van der Waals surface area contributed by atoms with E-state index in [4.69, 9.17) is 0 Å². The van der Waals surface area contributed by atoms with Crippen LogP contribution in [0.2, 0.25) is 0 Å². The molecule has 1 N–H and O–H groups in total. The van der Waals surface area contributed by atoms with Gasteiger partial charge >= 0.3 is 0 Å². The van der Waals surface area contributed by atoms with Crippen LogP contribution in [-0.4, -0.2) is 22.9 Å². The third kappa shape index (κ3) is 3.94. The Morgan fingerprint density at radius 1 is 1.10 bits per heavy atom. The van der Waals surface area contributed by atoms with Crippen LogP contribution in [0.5, 0.6) is 0 Å². The standard InChI is InChI=1S/C18H27N3/c1-6-21-18(10-15(4)20-21)12-17(19-5)11-16-8-7-13(2)14(3)9-16/h7-10,17,19H,6,11-12H2,1-5H3. The van der Waals surface area contributed by atoms with Crippen LogP contribution in [0.15, 0.2) is 24.3 Å². The van der Waals surface area contributed by atoms with Crippen LogP contribution in [-0.2, 0) is 19.4 Å². The number of nitrogens with one attached hydrogen (secondary N) is 1. The summed E-state index contributed by atoms with van der Waals surface area (Å²) in [6, 6.07) is 9.41. The maximum absolute atomic E-state index is 4.54. The molecule has 0 bridgehead atoms. The molecule has 0 spiro atoms. The molecule has 2 aromatic rings. The Morgan fingerprint density at radius 3 is 2.48 bits per heavy atom. The summed E-state index contributed by atoms with van der Waals surface area (Å²) in [7, 11) is 2.05. The van der Waals surface area contributed by atoms with E-state index in [9.17, 15) is 0 Å². The Morgan fingerprint density at radius 2 is 1.86 bits per heavy atom. The van der Waals surface area contributed by atoms with Gasteiger partial charge in [-0.3, -0.25) is 4.68 Å². The van der Waals surface area contributed by atoms with Crippen molar-refractivity contribution in [3.05, 3.63) is 52.3 Å². The van der Waals surface area contributed by atoms with Gasteiger partial charge in [-0.05, 0) is 63.9 Å². The first-order valence-electron chi connectivity index (χ1n) is 7.80. The Bertz CT molecular complexity index is 599. The fraction of sp³-hybridized carbons (Fsp3) is 0.500. The average molecular weight is 285 g/mol. The summed E-state index contributed by atoms with van der Waals surface area (Å²) in [5.41, 5.74) is 6.55. The minimum absolute atomic E-state index is 0.438. The van der Waals surface area contributed by atoms with E-state index in [0.717, 1.165) is 25.1 Å². The molecule has 0 aliphatic rings. The SMILES string of the molecule is CCn1nc(C)cc1CC(Cc1ccc(C)c(C)c1)NC. The fourth-order valence-electron chi connectivity index (χ4n) is 2.78. The smallest absolute Gasteiger partial charge is 0.0596 e. The molecular formula is C18H27N3. The van der Waals surface area contributed by atoms with Gasteiger partial charge in [-0.2, -0.15) is 5.10 Å². The second-order valence-corrected chi connectivity index (χ2v) is 5.91. The zero-order valence-corrected chi connectivity index (χ0v) is 13.9. The summed E-state index contributed by atoms with van der Waals surface area (Å²) in [4.78, 5) is 0. The number of benzene rings is 1. The van der Waals surface area contributed by atoms with Crippen molar-refractivity contribution in [2.75, 3.05) is 7.05 Å². The second kappa shape index (κ2) is 6.90. The van der Waals surface area contributed by atoms with E-state index in [1.165, 1.54) is 22.4 Å². The van der Waals surface area contributed by atoms with Crippen LogP contribution in [0.4, 0.5) is 0 Å². The summed E-state index contributed by atoms with van der Waals surface area (Å²) in [6.45, 7) is 9.49. The van der Waals surface area contributed by atoms with Crippen molar-refractivity contribution in [3.63, 3.8) is 0 Å². The molecule has 0 amide bonds. The van der Waals surface area contributed by atoms with Crippen molar-refractivity contribution in [1.29, 1.82) is 0 Å². The lowest BCUT2D eigenvalue weighted by molar-refractivity contribution is 0.520. The van der Waals surface area contributed by atoms with Gasteiger partial charge in [-0.25, -0.2) is 0 Å². The number of rotatable bonds is 6. The maximum Gasteiger partial charge on any atom is 0.0596 e. The van der Waals surface area contributed by atoms with Crippen LogP contribution >= 0.6 is 0 Å². The van der Waals surface area contributed by atoms with E-state index < -0.39 is 0 Å². The summed E-state index contributed by atoms with van der Waals surface area (Å²) >= 11 is 0. The van der Waals surface area contributed by atoms with Gasteiger partial charge in [0.2, 0.25) is 0 Å². The van der Waals surface area contributed by atoms with Gasteiger partial charge in [0.1, 0.15) is 0 Å². The van der Waals surface area contributed by atoms with Gasteiger partial charge in [-0.15, -0.1) is 0 Å². The van der Waals surface area contributed by atoms with Gasteiger partial charge in [0.05, 0.1) is 5.69 Å².